The number of hydrogen-bond acceptors (Lipinski definition) is 14. The van der Waals surface area contributed by atoms with Crippen molar-refractivity contribution in [3.63, 3.8) is 0 Å². The van der Waals surface area contributed by atoms with Crippen molar-refractivity contribution < 1.29 is 0 Å². The minimum absolute atomic E-state index is 0.0509. The van der Waals surface area contributed by atoms with E-state index in [0.29, 0.717) is 38.7 Å². The number of anilines is 4. The number of halogens is 4. The van der Waals surface area contributed by atoms with Gasteiger partial charge in [0.05, 0.1) is 24.3 Å². The van der Waals surface area contributed by atoms with Crippen LogP contribution in [0.25, 0.3) is 14.5 Å². The maximum atomic E-state index is 6.64. The molecular formula is C21H20BBrCl3N16S. The summed E-state index contributed by atoms with van der Waals surface area (Å²) in [4.78, 5) is 38.5. The van der Waals surface area contributed by atoms with E-state index in [-0.39, 0.29) is 21.9 Å². The van der Waals surface area contributed by atoms with Gasteiger partial charge in [-0.2, -0.15) is 0 Å². The molecular weight excluding hydrogens is 705 g/mol. The fraction of sp³-hybridized carbons (Fsp3) is 0.0952. The maximum Gasteiger partial charge on any atom is 0.307 e. The van der Waals surface area contributed by atoms with Gasteiger partial charge in [-0.3, -0.25) is 4.98 Å². The smallest absolute Gasteiger partial charge is 0.307 e. The maximum absolute atomic E-state index is 6.64. The molecule has 0 amide bonds. The fourth-order valence-electron chi connectivity index (χ4n) is 1.77. The summed E-state index contributed by atoms with van der Waals surface area (Å²) < 4.78 is 3.21. The van der Waals surface area contributed by atoms with E-state index >= 15 is 0 Å². The van der Waals surface area contributed by atoms with E-state index in [9.17, 15) is 0 Å². The Morgan fingerprint density at radius 1 is 0.767 bits per heavy atom. The van der Waals surface area contributed by atoms with Crippen molar-refractivity contribution in [3.8, 4) is 0 Å². The molecule has 0 atom stereocenters. The standard InChI is InChI=1S/C6H6N4.C5H3ClN4.C4H3BrClN3.C4H4ClN3.C2H3N.BHNS/c1-4-6(8-2)9-3-5(7)10-4;1-8-5-4(6)10-3(7)2-9-5;5-3-4(6)9-2(7)1-8-3;5-3-1-7-2-4(6)8-3;1-3-2;1-2-3/h3H,1H3,(H2,7,10);2H,(H2,7,10);1H,(H2,7,9);1-2H,(H2,6,8);1H3;3H. The molecule has 221 valence electrons. The van der Waals surface area contributed by atoms with Crippen LogP contribution in [-0.2, 0) is 0 Å². The molecule has 0 fully saturated rings. The zero-order chi connectivity index (χ0) is 33.4. The largest absolute Gasteiger partial charge is 0.381 e. The summed E-state index contributed by atoms with van der Waals surface area (Å²) >= 11 is 22.6. The minimum Gasteiger partial charge on any atom is -0.381 e. The van der Waals surface area contributed by atoms with Crippen molar-refractivity contribution in [1.82, 2.24) is 39.9 Å². The normalized spacial score (nSPS) is 8.26. The van der Waals surface area contributed by atoms with Gasteiger partial charge in [0.2, 0.25) is 7.05 Å². The number of thiol groups is 1. The summed E-state index contributed by atoms with van der Waals surface area (Å²) in [5, 5.41) is 0.662. The third-order valence-electron chi connectivity index (χ3n) is 3.21. The second-order valence-corrected chi connectivity index (χ2v) is 8.40. The molecule has 0 spiro atoms. The molecule has 8 N–H and O–H groups in total. The van der Waals surface area contributed by atoms with Crippen molar-refractivity contribution in [2.75, 3.05) is 30.0 Å². The van der Waals surface area contributed by atoms with Crippen molar-refractivity contribution in [3.05, 3.63) is 91.0 Å². The Morgan fingerprint density at radius 3 is 1.53 bits per heavy atom. The molecule has 0 saturated heterocycles. The van der Waals surface area contributed by atoms with Crippen LogP contribution >= 0.6 is 63.5 Å². The summed E-state index contributed by atoms with van der Waals surface area (Å²) in [6.07, 6.45) is 6.96. The number of nitrogen functional groups attached to an aromatic ring is 4. The Morgan fingerprint density at radius 2 is 1.19 bits per heavy atom. The zero-order valence-electron chi connectivity index (χ0n) is 22.1. The van der Waals surface area contributed by atoms with Gasteiger partial charge in [-0.1, -0.05) is 47.9 Å². The second kappa shape index (κ2) is 24.2. The SMILES string of the molecule is Nc1cnc(Br)c(Cl)n1.Nc1cncc(Cl)n1.[B]=NS.[C-]#[N+]C.[C-]#[N+]c1ncc(N)nc1C.[C-]#[N+]c1ncc(N)nc1Cl. The fourth-order valence-corrected chi connectivity index (χ4v) is 2.45. The van der Waals surface area contributed by atoms with Gasteiger partial charge in [-0.25, -0.2) is 31.5 Å². The summed E-state index contributed by atoms with van der Waals surface area (Å²) in [6, 6.07) is 0. The number of nitrogens with two attached hydrogens (primary N) is 4. The molecule has 4 heterocycles. The molecule has 4 rings (SSSR count). The van der Waals surface area contributed by atoms with E-state index in [1.54, 1.807) is 6.92 Å². The summed E-state index contributed by atoms with van der Waals surface area (Å²) in [7, 11) is 5.75. The number of rotatable bonds is 0. The van der Waals surface area contributed by atoms with E-state index in [1.165, 1.54) is 38.0 Å². The van der Waals surface area contributed by atoms with Crippen LogP contribution in [0.3, 0.4) is 0 Å². The van der Waals surface area contributed by atoms with E-state index in [1.807, 2.05) is 0 Å². The van der Waals surface area contributed by atoms with Crippen LogP contribution in [-0.4, -0.2) is 54.6 Å². The van der Waals surface area contributed by atoms with Crippen LogP contribution in [0.4, 0.5) is 34.9 Å². The molecule has 0 aromatic carbocycles. The first-order chi connectivity index (χ1) is 20.3. The first kappa shape index (κ1) is 40.7. The molecule has 0 bridgehead atoms. The minimum atomic E-state index is 0.0509. The average molecular weight is 726 g/mol. The topological polar surface area (TPSA) is 233 Å². The molecule has 0 aliphatic heterocycles. The molecule has 0 unspecified atom stereocenters. The molecule has 4 aromatic rings. The van der Waals surface area contributed by atoms with E-state index in [4.69, 9.17) is 77.5 Å². The summed E-state index contributed by atoms with van der Waals surface area (Å²) in [6.45, 7) is 20.7. The third kappa shape index (κ3) is 20.1. The molecule has 0 aliphatic rings. The van der Waals surface area contributed by atoms with Gasteiger partial charge >= 0.3 is 30.6 Å². The molecule has 16 nitrogen and oxygen atoms in total. The van der Waals surface area contributed by atoms with E-state index in [2.05, 4.69) is 95.1 Å². The molecule has 1 radical (unpaired) electrons. The van der Waals surface area contributed by atoms with Gasteiger partial charge in [-0.15, -0.1) is 9.97 Å². The van der Waals surface area contributed by atoms with Gasteiger partial charge in [0, 0.05) is 0 Å². The zero-order valence-corrected chi connectivity index (χ0v) is 26.8. The van der Waals surface area contributed by atoms with Crippen LogP contribution < -0.4 is 22.9 Å². The van der Waals surface area contributed by atoms with Gasteiger partial charge in [0.1, 0.15) is 21.4 Å². The first-order valence-electron chi connectivity index (χ1n) is 10.4. The molecule has 4 aromatic heterocycles. The van der Waals surface area contributed by atoms with Crippen molar-refractivity contribution in [2.24, 2.45) is 4.30 Å². The Kier molecular flexibility index (Phi) is 22.9. The number of aromatic nitrogens is 8. The van der Waals surface area contributed by atoms with Crippen molar-refractivity contribution in [2.45, 2.75) is 6.92 Å². The molecule has 0 saturated carbocycles. The van der Waals surface area contributed by atoms with Crippen molar-refractivity contribution >= 4 is 106 Å². The third-order valence-corrected chi connectivity index (χ3v) is 4.72. The quantitative estimate of drug-likeness (QED) is 0.0907. The van der Waals surface area contributed by atoms with Gasteiger partial charge in [-0.05, 0) is 22.9 Å². The Labute approximate surface area is 276 Å². The summed E-state index contributed by atoms with van der Waals surface area (Å²) in [5.74, 6) is 1.63. The average Bonchev–Trinajstić information content (AvgIpc) is 2.93. The molecule has 22 heteroatoms. The Balaban J connectivity index is 0. The first-order valence-corrected chi connectivity index (χ1v) is 12.7. The predicted octanol–water partition coefficient (Wildman–Crippen LogP) is 5.09. The Bertz CT molecular complexity index is 1500. The number of aryl methyl sites for hydroxylation is 1. The summed E-state index contributed by atoms with van der Waals surface area (Å²) in [5.41, 5.74) is 21.6. The van der Waals surface area contributed by atoms with Gasteiger partial charge in [0.15, 0.2) is 34.3 Å². The van der Waals surface area contributed by atoms with Crippen LogP contribution in [0.2, 0.25) is 15.5 Å². The van der Waals surface area contributed by atoms with Crippen LogP contribution in [0.1, 0.15) is 5.69 Å². The van der Waals surface area contributed by atoms with E-state index < -0.39 is 0 Å². The van der Waals surface area contributed by atoms with E-state index in [0.717, 1.165) is 0 Å². The molecule has 43 heavy (non-hydrogen) atoms. The Hall–Kier alpha value is -4.45. The number of nitrogens with zero attached hydrogens (tertiary/aromatic N) is 12. The van der Waals surface area contributed by atoms with Crippen LogP contribution in [0.15, 0.2) is 39.9 Å². The predicted molar refractivity (Wildman–Crippen MR) is 175 cm³/mol. The molecule has 0 aliphatic carbocycles. The monoisotopic (exact) mass is 723 g/mol. The number of hydrogen-bond donors (Lipinski definition) is 5. The van der Waals surface area contributed by atoms with Gasteiger partial charge < -0.3 is 37.5 Å². The van der Waals surface area contributed by atoms with Crippen molar-refractivity contribution in [1.29, 1.82) is 0 Å². The van der Waals surface area contributed by atoms with Crippen LogP contribution in [0, 0.1) is 26.6 Å². The van der Waals surface area contributed by atoms with Gasteiger partial charge in [0.25, 0.3) is 5.82 Å². The van der Waals surface area contributed by atoms with Crippen LogP contribution in [0.5, 0.6) is 0 Å². The second-order valence-electron chi connectivity index (χ2n) is 6.32.